The van der Waals surface area contributed by atoms with Gasteiger partial charge in [-0.15, -0.1) is 0 Å². The minimum absolute atomic E-state index is 0.0741. The fraction of sp³-hybridized carbons (Fsp3) is 0.364. The zero-order valence-corrected chi connectivity index (χ0v) is 19.3. The quantitative estimate of drug-likeness (QED) is 0.315. The summed E-state index contributed by atoms with van der Waals surface area (Å²) in [7, 11) is 8.82. The molecule has 2 aromatic rings. The van der Waals surface area contributed by atoms with Gasteiger partial charge < -0.3 is 30.2 Å². The van der Waals surface area contributed by atoms with Gasteiger partial charge >= 0.3 is 11.9 Å². The first kappa shape index (κ1) is 28.2. The topological polar surface area (TPSA) is 124 Å². The van der Waals surface area contributed by atoms with Crippen molar-refractivity contribution in [1.82, 2.24) is 0 Å². The van der Waals surface area contributed by atoms with Gasteiger partial charge in [0, 0.05) is 11.5 Å². The average Bonchev–Trinajstić information content (AvgIpc) is 2.69. The Bertz CT molecular complexity index is 699. The first-order valence-corrected chi connectivity index (χ1v) is 10.9. The van der Waals surface area contributed by atoms with Gasteiger partial charge in [0.05, 0.1) is 52.4 Å². The average molecular weight is 455 g/mol. The van der Waals surface area contributed by atoms with E-state index in [2.05, 4.69) is 40.0 Å². The number of hydrogen-bond acceptors (Lipinski definition) is 5. The first-order chi connectivity index (χ1) is 14.5. The molecule has 0 radical (unpaired) electrons. The molecule has 0 spiro atoms. The zero-order valence-electron chi connectivity index (χ0n) is 18.5. The van der Waals surface area contributed by atoms with E-state index in [1.165, 1.54) is 73.1 Å². The van der Waals surface area contributed by atoms with Gasteiger partial charge in [-0.05, 0) is 48.5 Å². The molecule has 0 heterocycles. The highest BCUT2D eigenvalue weighted by atomic mass is 32.2. The van der Waals surface area contributed by atoms with Crippen LogP contribution in [-0.2, 0) is 0 Å². The predicted molar refractivity (Wildman–Crippen MR) is 123 cm³/mol. The summed E-state index contributed by atoms with van der Waals surface area (Å²) in [5.41, 5.74) is 0.357. The van der Waals surface area contributed by atoms with Crippen molar-refractivity contribution >= 4 is 23.7 Å². The second-order valence-corrected chi connectivity index (χ2v) is 8.46. The van der Waals surface area contributed by atoms with Crippen molar-refractivity contribution in [3.8, 4) is 11.5 Å². The van der Waals surface area contributed by atoms with Gasteiger partial charge in [0.25, 0.3) is 0 Å². The first-order valence-electron chi connectivity index (χ1n) is 9.73. The molecule has 0 atom stereocenters. The fourth-order valence-corrected chi connectivity index (χ4v) is 3.17. The van der Waals surface area contributed by atoms with Crippen LogP contribution in [0.25, 0.3) is 0 Å². The lowest BCUT2D eigenvalue weighted by Crippen LogP contribution is -3.06. The lowest BCUT2D eigenvalue weighted by atomic mass is 10.2. The van der Waals surface area contributed by atoms with Crippen LogP contribution >= 0.6 is 11.8 Å². The van der Waals surface area contributed by atoms with E-state index in [-0.39, 0.29) is 22.6 Å². The smallest absolute Gasteiger partial charge is 0.335 e. The molecule has 2 aromatic carbocycles. The number of quaternary nitrogens is 2. The molecule has 0 aliphatic rings. The Labute approximate surface area is 187 Å². The van der Waals surface area contributed by atoms with E-state index >= 15 is 0 Å². The molecule has 8 nitrogen and oxygen atoms in total. The predicted octanol–water partition coefficient (Wildman–Crippen LogP) is 0.189. The number of carboxylic acids is 2. The van der Waals surface area contributed by atoms with Gasteiger partial charge in [-0.1, -0.05) is 0 Å². The maximum absolute atomic E-state index is 10.2. The molecular weight excluding hydrogens is 420 g/mol. The van der Waals surface area contributed by atoms with Crippen molar-refractivity contribution in [2.24, 2.45) is 0 Å². The molecule has 0 fully saturated rings. The van der Waals surface area contributed by atoms with Gasteiger partial charge in [0.2, 0.25) is 0 Å². The van der Waals surface area contributed by atoms with Crippen LogP contribution < -0.4 is 9.80 Å². The minimum Gasteiger partial charge on any atom is -0.508 e. The second kappa shape index (κ2) is 16.0. The lowest BCUT2D eigenvalue weighted by Gasteiger charge is -2.08. The Morgan fingerprint density at radius 3 is 1.19 bits per heavy atom. The van der Waals surface area contributed by atoms with Crippen LogP contribution in [0.4, 0.5) is 0 Å². The summed E-state index contributed by atoms with van der Waals surface area (Å²) in [5, 5.41) is 34.3. The summed E-state index contributed by atoms with van der Waals surface area (Å²) < 4.78 is 0. The van der Waals surface area contributed by atoms with Crippen molar-refractivity contribution in [1.29, 1.82) is 0 Å². The van der Waals surface area contributed by atoms with Gasteiger partial charge in [0.15, 0.2) is 0 Å². The molecular formula is C22H34N2O6S+2. The molecule has 0 aromatic heterocycles. The lowest BCUT2D eigenvalue weighted by molar-refractivity contribution is -0.856. The van der Waals surface area contributed by atoms with Crippen molar-refractivity contribution in [3.05, 3.63) is 59.7 Å². The summed E-state index contributed by atoms with van der Waals surface area (Å²) in [4.78, 5) is 23.6. The molecule has 0 amide bonds. The van der Waals surface area contributed by atoms with E-state index in [1.54, 1.807) is 9.80 Å². The van der Waals surface area contributed by atoms with Crippen LogP contribution in [0.15, 0.2) is 48.5 Å². The number of phenols is 2. The van der Waals surface area contributed by atoms with E-state index in [1.807, 2.05) is 0 Å². The molecule has 0 aliphatic heterocycles. The minimum atomic E-state index is -0.986. The SMILES string of the molecule is C[NH+](C)CCSCC[NH+](C)C.O=C(O)c1ccc(O)cc1.O=C(O)c1ccc(O)cc1. The van der Waals surface area contributed by atoms with Crippen LogP contribution in [0.3, 0.4) is 0 Å². The third-order valence-electron chi connectivity index (χ3n) is 3.72. The van der Waals surface area contributed by atoms with E-state index in [4.69, 9.17) is 20.4 Å². The number of carbonyl (C=O) groups is 2. The highest BCUT2D eigenvalue weighted by molar-refractivity contribution is 7.99. The van der Waals surface area contributed by atoms with Crippen LogP contribution in [-0.4, -0.2) is 85.2 Å². The molecule has 0 saturated carbocycles. The maximum atomic E-state index is 10.2. The van der Waals surface area contributed by atoms with Gasteiger partial charge in [-0.25, -0.2) is 9.59 Å². The van der Waals surface area contributed by atoms with E-state index in [0.717, 1.165) is 0 Å². The normalized spacial score (nSPS) is 10.0. The molecule has 6 N–H and O–H groups in total. The third-order valence-corrected chi connectivity index (χ3v) is 4.71. The number of hydrogen-bond donors (Lipinski definition) is 6. The summed E-state index contributed by atoms with van der Waals surface area (Å²) >= 11 is 2.07. The second-order valence-electron chi connectivity index (χ2n) is 7.23. The molecule has 0 unspecified atom stereocenters. The van der Waals surface area contributed by atoms with Gasteiger partial charge in [-0.2, -0.15) is 11.8 Å². The third kappa shape index (κ3) is 15.7. The Morgan fingerprint density at radius 1 is 0.677 bits per heavy atom. The molecule has 2 rings (SSSR count). The summed E-state index contributed by atoms with van der Waals surface area (Å²) in [6, 6.07) is 10.7. The number of carboxylic acid groups (broad SMARTS) is 2. The Hall–Kier alpha value is -2.75. The standard InChI is InChI=1S/C8H20N2S.2C7H6O3/c1-9(2)5-7-11-8-6-10(3)4;2*8-6-3-1-5(2-4-6)7(9)10/h5-8H2,1-4H3;2*1-4,8H,(H,9,10)/p+2. The van der Waals surface area contributed by atoms with Crippen LogP contribution in [0.5, 0.6) is 11.5 Å². The van der Waals surface area contributed by atoms with Crippen molar-refractivity contribution in [2.75, 3.05) is 52.8 Å². The van der Waals surface area contributed by atoms with Crippen LogP contribution in [0.1, 0.15) is 20.7 Å². The molecule has 0 saturated heterocycles. The van der Waals surface area contributed by atoms with Gasteiger partial charge in [-0.3, -0.25) is 0 Å². The van der Waals surface area contributed by atoms with Gasteiger partial charge in [0.1, 0.15) is 11.5 Å². The fourth-order valence-electron chi connectivity index (χ4n) is 1.86. The number of aromatic carboxylic acids is 2. The Kier molecular flexibility index (Phi) is 14.6. The largest absolute Gasteiger partial charge is 0.508 e. The number of nitrogens with one attached hydrogen (secondary N) is 2. The molecule has 172 valence electrons. The van der Waals surface area contributed by atoms with Crippen LogP contribution in [0, 0.1) is 0 Å². The van der Waals surface area contributed by atoms with E-state index in [9.17, 15) is 9.59 Å². The van der Waals surface area contributed by atoms with E-state index < -0.39 is 11.9 Å². The number of aromatic hydroxyl groups is 2. The molecule has 31 heavy (non-hydrogen) atoms. The molecule has 9 heteroatoms. The number of rotatable bonds is 8. The summed E-state index contributed by atoms with van der Waals surface area (Å²) in [6.07, 6.45) is 0. The molecule has 0 bridgehead atoms. The molecule has 0 aliphatic carbocycles. The van der Waals surface area contributed by atoms with E-state index in [0.29, 0.717) is 0 Å². The Balaban J connectivity index is 0.000000436. The van der Waals surface area contributed by atoms with Crippen molar-refractivity contribution in [2.45, 2.75) is 0 Å². The van der Waals surface area contributed by atoms with Crippen molar-refractivity contribution < 1.29 is 39.8 Å². The highest BCUT2D eigenvalue weighted by Gasteiger charge is 2.00. The number of thioether (sulfide) groups is 1. The van der Waals surface area contributed by atoms with Crippen molar-refractivity contribution in [3.63, 3.8) is 0 Å². The summed E-state index contributed by atoms with van der Waals surface area (Å²) in [5.74, 6) is 0.778. The highest BCUT2D eigenvalue weighted by Crippen LogP contribution is 2.09. The summed E-state index contributed by atoms with van der Waals surface area (Å²) in [6.45, 7) is 2.57. The Morgan fingerprint density at radius 2 is 0.968 bits per heavy atom. The van der Waals surface area contributed by atoms with Crippen LogP contribution in [0.2, 0.25) is 0 Å². The maximum Gasteiger partial charge on any atom is 0.335 e. The zero-order chi connectivity index (χ0) is 23.8. The monoisotopic (exact) mass is 454 g/mol. The number of phenolic OH excluding ortho intramolecular Hbond substituents is 2. The number of benzene rings is 2.